The molecule has 1 N–H and O–H groups in total. The van der Waals surface area contributed by atoms with Gasteiger partial charge in [-0.2, -0.15) is 4.31 Å². The molecule has 1 saturated heterocycles. The van der Waals surface area contributed by atoms with E-state index in [0.717, 1.165) is 31.2 Å². The van der Waals surface area contributed by atoms with E-state index in [1.807, 2.05) is 30.3 Å². The van der Waals surface area contributed by atoms with Crippen LogP contribution in [-0.2, 0) is 21.2 Å². The number of carbonyl (C=O) groups is 1. The van der Waals surface area contributed by atoms with Crippen LogP contribution in [0.5, 0.6) is 0 Å². The van der Waals surface area contributed by atoms with E-state index in [9.17, 15) is 13.2 Å². The maximum Gasteiger partial charge on any atom is 0.243 e. The van der Waals surface area contributed by atoms with Crippen molar-refractivity contribution in [3.8, 4) is 0 Å². The summed E-state index contributed by atoms with van der Waals surface area (Å²) in [5.74, 6) is -0.164. The van der Waals surface area contributed by atoms with Crippen LogP contribution in [0.1, 0.15) is 36.8 Å². The van der Waals surface area contributed by atoms with E-state index in [1.54, 1.807) is 29.4 Å². The van der Waals surface area contributed by atoms with E-state index in [1.165, 1.54) is 0 Å². The molecule has 3 rings (SSSR count). The van der Waals surface area contributed by atoms with Crippen LogP contribution < -0.4 is 5.32 Å². The molecule has 1 aliphatic heterocycles. The predicted octanol–water partition coefficient (Wildman–Crippen LogP) is 3.74. The standard InChI is InChI=1S/C21H26N2O3S/c1-17-11-12-19(22-21(24)15-18-9-5-4-6-10-18)16-20(17)27(25,26)23-13-7-2-3-8-14-23/h4-6,9-12,16H,2-3,7-8,13-15H2,1H3,(H,22,24). The molecule has 0 aliphatic carbocycles. The van der Waals surface area contributed by atoms with Crippen LogP contribution >= 0.6 is 0 Å². The Hall–Kier alpha value is -2.18. The summed E-state index contributed by atoms with van der Waals surface area (Å²) in [5, 5.41) is 2.82. The van der Waals surface area contributed by atoms with Crippen LogP contribution in [0.3, 0.4) is 0 Å². The molecule has 1 fully saturated rings. The van der Waals surface area contributed by atoms with Crippen molar-refractivity contribution in [2.24, 2.45) is 0 Å². The molecule has 0 atom stereocenters. The summed E-state index contributed by atoms with van der Waals surface area (Å²) in [6.45, 7) is 2.92. The SMILES string of the molecule is Cc1ccc(NC(=O)Cc2ccccc2)cc1S(=O)(=O)N1CCCCCC1. The van der Waals surface area contributed by atoms with Crippen LogP contribution in [-0.4, -0.2) is 31.7 Å². The van der Waals surface area contributed by atoms with Crippen LogP contribution in [0.15, 0.2) is 53.4 Å². The fourth-order valence-electron chi connectivity index (χ4n) is 3.36. The quantitative estimate of drug-likeness (QED) is 0.851. The van der Waals surface area contributed by atoms with Crippen LogP contribution in [0.25, 0.3) is 0 Å². The fraction of sp³-hybridized carbons (Fsp3) is 0.381. The monoisotopic (exact) mass is 386 g/mol. The molecule has 2 aromatic rings. The molecular weight excluding hydrogens is 360 g/mol. The van der Waals surface area contributed by atoms with Gasteiger partial charge in [-0.15, -0.1) is 0 Å². The average molecular weight is 387 g/mol. The number of carbonyl (C=O) groups excluding carboxylic acids is 1. The van der Waals surface area contributed by atoms with Crippen molar-refractivity contribution >= 4 is 21.6 Å². The first kappa shape index (κ1) is 19.6. The Morgan fingerprint density at radius 3 is 2.33 bits per heavy atom. The molecule has 0 bridgehead atoms. The minimum Gasteiger partial charge on any atom is -0.326 e. The Balaban J connectivity index is 1.78. The highest BCUT2D eigenvalue weighted by atomic mass is 32.2. The third-order valence-electron chi connectivity index (χ3n) is 4.86. The molecule has 2 aromatic carbocycles. The van der Waals surface area contributed by atoms with E-state index in [-0.39, 0.29) is 17.2 Å². The molecule has 1 aliphatic rings. The largest absolute Gasteiger partial charge is 0.326 e. The van der Waals surface area contributed by atoms with Gasteiger partial charge < -0.3 is 5.32 Å². The molecule has 0 aromatic heterocycles. The van der Waals surface area contributed by atoms with Gasteiger partial charge in [0.1, 0.15) is 0 Å². The predicted molar refractivity (Wildman–Crippen MR) is 107 cm³/mol. The molecule has 0 unspecified atom stereocenters. The lowest BCUT2D eigenvalue weighted by Gasteiger charge is -2.21. The zero-order valence-corrected chi connectivity index (χ0v) is 16.5. The van der Waals surface area contributed by atoms with Gasteiger partial charge in [0.2, 0.25) is 15.9 Å². The van der Waals surface area contributed by atoms with Crippen molar-refractivity contribution in [3.63, 3.8) is 0 Å². The number of hydrogen-bond donors (Lipinski definition) is 1. The number of sulfonamides is 1. The number of rotatable bonds is 5. The van der Waals surface area contributed by atoms with Gasteiger partial charge in [-0.1, -0.05) is 49.2 Å². The molecule has 0 saturated carbocycles. The number of nitrogens with zero attached hydrogens (tertiary/aromatic N) is 1. The molecular formula is C21H26N2O3S. The minimum absolute atomic E-state index is 0.164. The third kappa shape index (κ3) is 4.96. The Morgan fingerprint density at radius 2 is 1.67 bits per heavy atom. The van der Waals surface area contributed by atoms with E-state index >= 15 is 0 Å². The highest BCUT2D eigenvalue weighted by Crippen LogP contribution is 2.26. The number of amides is 1. The topological polar surface area (TPSA) is 66.5 Å². The normalized spacial score (nSPS) is 15.9. The maximum atomic E-state index is 13.1. The second-order valence-corrected chi connectivity index (χ2v) is 8.92. The van der Waals surface area contributed by atoms with Crippen molar-refractivity contribution in [1.29, 1.82) is 0 Å². The third-order valence-corrected chi connectivity index (χ3v) is 6.90. The number of nitrogens with one attached hydrogen (secondary N) is 1. The van der Waals surface area contributed by atoms with Crippen molar-refractivity contribution in [2.45, 2.75) is 43.9 Å². The van der Waals surface area contributed by atoms with Gasteiger partial charge in [0.25, 0.3) is 0 Å². The number of benzene rings is 2. The Bertz CT molecular complexity index is 887. The van der Waals surface area contributed by atoms with Crippen molar-refractivity contribution in [3.05, 3.63) is 59.7 Å². The Morgan fingerprint density at radius 1 is 1.00 bits per heavy atom. The summed E-state index contributed by atoms with van der Waals surface area (Å²) in [5.41, 5.74) is 2.12. The van der Waals surface area contributed by atoms with Crippen molar-refractivity contribution in [2.75, 3.05) is 18.4 Å². The molecule has 0 spiro atoms. The fourth-order valence-corrected chi connectivity index (χ4v) is 5.13. The number of anilines is 1. The first-order chi connectivity index (χ1) is 13.0. The average Bonchev–Trinajstić information content (AvgIpc) is 2.94. The molecule has 144 valence electrons. The van der Waals surface area contributed by atoms with Gasteiger partial charge in [-0.05, 0) is 43.0 Å². The van der Waals surface area contributed by atoms with E-state index in [4.69, 9.17) is 0 Å². The van der Waals surface area contributed by atoms with Crippen LogP contribution in [0, 0.1) is 6.92 Å². The maximum absolute atomic E-state index is 13.1. The van der Waals surface area contributed by atoms with Crippen LogP contribution in [0.2, 0.25) is 0 Å². The Kier molecular flexibility index (Phi) is 6.29. The van der Waals surface area contributed by atoms with Gasteiger partial charge in [-0.3, -0.25) is 4.79 Å². The first-order valence-corrected chi connectivity index (χ1v) is 10.9. The second kappa shape index (κ2) is 8.67. The summed E-state index contributed by atoms with van der Waals surface area (Å²) < 4.78 is 27.8. The molecule has 27 heavy (non-hydrogen) atoms. The van der Waals surface area contributed by atoms with Gasteiger partial charge in [0.05, 0.1) is 11.3 Å². The lowest BCUT2D eigenvalue weighted by molar-refractivity contribution is -0.115. The molecule has 1 amide bonds. The molecule has 5 nitrogen and oxygen atoms in total. The van der Waals surface area contributed by atoms with Gasteiger partial charge in [0, 0.05) is 18.8 Å². The highest BCUT2D eigenvalue weighted by molar-refractivity contribution is 7.89. The number of aryl methyl sites for hydroxylation is 1. The summed E-state index contributed by atoms with van der Waals surface area (Å²) in [7, 11) is -3.55. The van der Waals surface area contributed by atoms with Crippen molar-refractivity contribution in [1.82, 2.24) is 4.31 Å². The molecule has 1 heterocycles. The van der Waals surface area contributed by atoms with Gasteiger partial charge in [-0.25, -0.2) is 8.42 Å². The summed E-state index contributed by atoms with van der Waals surface area (Å²) in [6.07, 6.45) is 4.18. The van der Waals surface area contributed by atoms with Crippen molar-refractivity contribution < 1.29 is 13.2 Å². The van der Waals surface area contributed by atoms with E-state index < -0.39 is 10.0 Å². The zero-order valence-electron chi connectivity index (χ0n) is 15.6. The van der Waals surface area contributed by atoms with Gasteiger partial charge >= 0.3 is 0 Å². The van der Waals surface area contributed by atoms with Gasteiger partial charge in [0.15, 0.2) is 0 Å². The highest BCUT2D eigenvalue weighted by Gasteiger charge is 2.27. The lowest BCUT2D eigenvalue weighted by atomic mass is 10.1. The molecule has 0 radical (unpaired) electrons. The zero-order chi connectivity index (χ0) is 19.3. The van der Waals surface area contributed by atoms with Crippen LogP contribution in [0.4, 0.5) is 5.69 Å². The smallest absolute Gasteiger partial charge is 0.243 e. The lowest BCUT2D eigenvalue weighted by Crippen LogP contribution is -2.32. The summed E-state index contributed by atoms with van der Waals surface area (Å²) in [4.78, 5) is 12.6. The summed E-state index contributed by atoms with van der Waals surface area (Å²) >= 11 is 0. The first-order valence-electron chi connectivity index (χ1n) is 9.41. The van der Waals surface area contributed by atoms with E-state index in [0.29, 0.717) is 24.3 Å². The number of hydrogen-bond acceptors (Lipinski definition) is 3. The second-order valence-electron chi connectivity index (χ2n) is 7.01. The Labute approximate surface area is 161 Å². The summed E-state index contributed by atoms with van der Waals surface area (Å²) in [6, 6.07) is 14.6. The molecule has 6 heteroatoms. The minimum atomic E-state index is -3.55. The van der Waals surface area contributed by atoms with E-state index in [2.05, 4.69) is 5.32 Å².